The first-order valence-corrected chi connectivity index (χ1v) is 7.80. The van der Waals surface area contributed by atoms with Gasteiger partial charge < -0.3 is 14.8 Å². The van der Waals surface area contributed by atoms with Crippen LogP contribution in [0, 0.1) is 11.8 Å². The first-order valence-electron chi connectivity index (χ1n) is 7.80. The van der Waals surface area contributed by atoms with Crippen molar-refractivity contribution < 1.29 is 9.47 Å². The molecule has 2 rings (SSSR count). The summed E-state index contributed by atoms with van der Waals surface area (Å²) in [7, 11) is 2.09. The molecule has 0 bridgehead atoms. The molecular formula is C16H31NO2. The van der Waals surface area contributed by atoms with Crippen molar-refractivity contribution in [1.82, 2.24) is 5.32 Å². The summed E-state index contributed by atoms with van der Waals surface area (Å²) in [5, 5.41) is 3.58. The first-order chi connectivity index (χ1) is 8.80. The van der Waals surface area contributed by atoms with E-state index in [1.807, 2.05) is 0 Å². The molecule has 0 radical (unpaired) electrons. The highest BCUT2D eigenvalue weighted by Crippen LogP contribution is 2.46. The molecule has 1 N–H and O–H groups in total. The van der Waals surface area contributed by atoms with E-state index in [1.54, 1.807) is 0 Å². The van der Waals surface area contributed by atoms with Gasteiger partial charge in [-0.25, -0.2) is 0 Å². The molecule has 0 aromatic carbocycles. The maximum atomic E-state index is 6.28. The van der Waals surface area contributed by atoms with E-state index in [0.717, 1.165) is 19.4 Å². The molecule has 3 nitrogen and oxygen atoms in total. The van der Waals surface area contributed by atoms with Crippen LogP contribution < -0.4 is 5.32 Å². The summed E-state index contributed by atoms with van der Waals surface area (Å²) in [6.07, 6.45) is 3.83. The lowest BCUT2D eigenvalue weighted by Gasteiger charge is -2.37. The third-order valence-corrected chi connectivity index (χ3v) is 5.03. The van der Waals surface area contributed by atoms with Gasteiger partial charge in [0.2, 0.25) is 0 Å². The summed E-state index contributed by atoms with van der Waals surface area (Å²) in [6, 6.07) is 0.490. The Morgan fingerprint density at radius 3 is 2.42 bits per heavy atom. The number of nitrogens with one attached hydrogen (secondary N) is 1. The topological polar surface area (TPSA) is 30.5 Å². The van der Waals surface area contributed by atoms with E-state index < -0.39 is 0 Å². The molecule has 0 saturated carbocycles. The summed E-state index contributed by atoms with van der Waals surface area (Å²) in [5.74, 6) is 1.17. The predicted octanol–water partition coefficient (Wildman–Crippen LogP) is 2.98. The average Bonchev–Trinajstić information content (AvgIpc) is 2.82. The van der Waals surface area contributed by atoms with Crippen LogP contribution in [-0.4, -0.2) is 37.0 Å². The fourth-order valence-corrected chi connectivity index (χ4v) is 4.37. The lowest BCUT2D eigenvalue weighted by molar-refractivity contribution is -0.0805. The third-order valence-electron chi connectivity index (χ3n) is 5.03. The molecular weight excluding hydrogens is 238 g/mol. The monoisotopic (exact) mass is 269 g/mol. The summed E-state index contributed by atoms with van der Waals surface area (Å²) >= 11 is 0. The van der Waals surface area contributed by atoms with Gasteiger partial charge in [-0.1, -0.05) is 6.92 Å². The maximum absolute atomic E-state index is 6.28. The van der Waals surface area contributed by atoms with Crippen molar-refractivity contribution in [3.63, 3.8) is 0 Å². The molecule has 0 aliphatic carbocycles. The standard InChI is InChI=1S/C16H31NO2/c1-7-13-11(8-9-18-13)14(17-6)12-10-15(2,3)19-16(12,4)5/h11-14,17H,7-10H2,1-6H3. The van der Waals surface area contributed by atoms with Gasteiger partial charge in [-0.15, -0.1) is 0 Å². The van der Waals surface area contributed by atoms with Crippen LogP contribution >= 0.6 is 0 Å². The Labute approximate surface area is 118 Å². The van der Waals surface area contributed by atoms with Gasteiger partial charge >= 0.3 is 0 Å². The van der Waals surface area contributed by atoms with Gasteiger partial charge in [0.1, 0.15) is 0 Å². The molecule has 0 spiro atoms. The highest BCUT2D eigenvalue weighted by molar-refractivity contribution is 5.02. The smallest absolute Gasteiger partial charge is 0.0677 e. The van der Waals surface area contributed by atoms with Crippen molar-refractivity contribution in [3.8, 4) is 0 Å². The molecule has 4 atom stereocenters. The molecule has 112 valence electrons. The highest BCUT2D eigenvalue weighted by Gasteiger charge is 2.51. The molecule has 2 fully saturated rings. The fraction of sp³-hybridized carbons (Fsp3) is 1.00. The second-order valence-electron chi connectivity index (χ2n) is 7.36. The highest BCUT2D eigenvalue weighted by atomic mass is 16.5. The minimum atomic E-state index is -0.0575. The Balaban J connectivity index is 2.17. The predicted molar refractivity (Wildman–Crippen MR) is 78.3 cm³/mol. The van der Waals surface area contributed by atoms with E-state index in [0.29, 0.717) is 24.0 Å². The van der Waals surface area contributed by atoms with Crippen LogP contribution in [0.5, 0.6) is 0 Å². The quantitative estimate of drug-likeness (QED) is 0.851. The van der Waals surface area contributed by atoms with E-state index >= 15 is 0 Å². The Kier molecular flexibility index (Phi) is 4.29. The van der Waals surface area contributed by atoms with Crippen LogP contribution in [0.2, 0.25) is 0 Å². The summed E-state index contributed by atoms with van der Waals surface area (Å²) < 4.78 is 12.2. The lowest BCUT2D eigenvalue weighted by atomic mass is 9.74. The van der Waals surface area contributed by atoms with Gasteiger partial charge in [0.15, 0.2) is 0 Å². The lowest BCUT2D eigenvalue weighted by Crippen LogP contribution is -2.49. The SMILES string of the molecule is CCC1OCCC1C(NC)C1CC(C)(C)OC1(C)C. The van der Waals surface area contributed by atoms with Gasteiger partial charge in [-0.2, -0.15) is 0 Å². The molecule has 3 heteroatoms. The van der Waals surface area contributed by atoms with E-state index in [4.69, 9.17) is 9.47 Å². The Bertz CT molecular complexity index is 314. The van der Waals surface area contributed by atoms with Crippen LogP contribution in [0.1, 0.15) is 53.9 Å². The van der Waals surface area contributed by atoms with Crippen molar-refractivity contribution in [3.05, 3.63) is 0 Å². The number of hydrogen-bond donors (Lipinski definition) is 1. The molecule has 19 heavy (non-hydrogen) atoms. The van der Waals surface area contributed by atoms with E-state index in [-0.39, 0.29) is 11.2 Å². The van der Waals surface area contributed by atoms with Gasteiger partial charge in [0.25, 0.3) is 0 Å². The van der Waals surface area contributed by atoms with Crippen LogP contribution in [0.3, 0.4) is 0 Å². The molecule has 2 aliphatic heterocycles. The van der Waals surface area contributed by atoms with Crippen molar-refractivity contribution in [2.45, 2.75) is 77.2 Å². The molecule has 2 saturated heterocycles. The van der Waals surface area contributed by atoms with Crippen LogP contribution in [-0.2, 0) is 9.47 Å². The van der Waals surface area contributed by atoms with E-state index in [9.17, 15) is 0 Å². The van der Waals surface area contributed by atoms with Gasteiger partial charge in [-0.3, -0.25) is 0 Å². The second kappa shape index (κ2) is 5.34. The summed E-state index contributed by atoms with van der Waals surface area (Å²) in [6.45, 7) is 12.1. The number of ether oxygens (including phenoxy) is 2. The summed E-state index contributed by atoms with van der Waals surface area (Å²) in [5.41, 5.74) is -0.0670. The second-order valence-corrected chi connectivity index (χ2v) is 7.36. The zero-order valence-corrected chi connectivity index (χ0v) is 13.5. The summed E-state index contributed by atoms with van der Waals surface area (Å²) in [4.78, 5) is 0. The minimum Gasteiger partial charge on any atom is -0.378 e. The minimum absolute atomic E-state index is 0.00948. The average molecular weight is 269 g/mol. The molecule has 0 aromatic heterocycles. The Morgan fingerprint density at radius 2 is 1.95 bits per heavy atom. The van der Waals surface area contributed by atoms with E-state index in [1.165, 1.54) is 6.42 Å². The van der Waals surface area contributed by atoms with Crippen molar-refractivity contribution >= 4 is 0 Å². The molecule has 2 heterocycles. The van der Waals surface area contributed by atoms with Crippen molar-refractivity contribution in [2.24, 2.45) is 11.8 Å². The molecule has 0 aromatic rings. The largest absolute Gasteiger partial charge is 0.378 e. The zero-order valence-electron chi connectivity index (χ0n) is 13.5. The molecule has 2 aliphatic rings. The number of hydrogen-bond acceptors (Lipinski definition) is 3. The van der Waals surface area contributed by atoms with Crippen LogP contribution in [0.15, 0.2) is 0 Å². The Morgan fingerprint density at radius 1 is 1.26 bits per heavy atom. The van der Waals surface area contributed by atoms with E-state index in [2.05, 4.69) is 47.0 Å². The molecule has 0 amide bonds. The molecule has 4 unspecified atom stereocenters. The maximum Gasteiger partial charge on any atom is 0.0677 e. The number of rotatable bonds is 4. The third kappa shape index (κ3) is 2.98. The van der Waals surface area contributed by atoms with Gasteiger partial charge in [0.05, 0.1) is 17.3 Å². The first kappa shape index (κ1) is 15.3. The Hall–Kier alpha value is -0.120. The van der Waals surface area contributed by atoms with Gasteiger partial charge in [-0.05, 0) is 54.0 Å². The fourth-order valence-electron chi connectivity index (χ4n) is 4.37. The zero-order chi connectivity index (χ0) is 14.3. The van der Waals surface area contributed by atoms with Crippen LogP contribution in [0.4, 0.5) is 0 Å². The van der Waals surface area contributed by atoms with Crippen LogP contribution in [0.25, 0.3) is 0 Å². The van der Waals surface area contributed by atoms with Crippen molar-refractivity contribution in [1.29, 1.82) is 0 Å². The van der Waals surface area contributed by atoms with Gasteiger partial charge in [0, 0.05) is 24.5 Å². The normalized spacial score (nSPS) is 38.5. The van der Waals surface area contributed by atoms with Crippen molar-refractivity contribution in [2.75, 3.05) is 13.7 Å².